The van der Waals surface area contributed by atoms with Gasteiger partial charge in [0, 0.05) is 37.2 Å². The first-order chi connectivity index (χ1) is 9.34. The van der Waals surface area contributed by atoms with Crippen LogP contribution in [-0.4, -0.2) is 11.5 Å². The molecule has 0 amide bonds. The van der Waals surface area contributed by atoms with E-state index >= 15 is 0 Å². The summed E-state index contributed by atoms with van der Waals surface area (Å²) in [5.74, 6) is 0. The van der Waals surface area contributed by atoms with Crippen molar-refractivity contribution in [1.82, 2.24) is 10.3 Å². The molecule has 98 valence electrons. The van der Waals surface area contributed by atoms with Crippen molar-refractivity contribution < 1.29 is 0 Å². The van der Waals surface area contributed by atoms with Gasteiger partial charge in [0.15, 0.2) is 0 Å². The summed E-state index contributed by atoms with van der Waals surface area (Å²) in [5.41, 5.74) is 5.40. The molecule has 0 saturated heterocycles. The lowest BCUT2D eigenvalue weighted by Gasteiger charge is -2.16. The number of nitrogens with zero attached hydrogens (tertiary/aromatic N) is 1. The molecule has 1 aliphatic heterocycles. The summed E-state index contributed by atoms with van der Waals surface area (Å²) >= 11 is 0. The SMILES string of the molecule is C[C@H](NCc1cccc2c1NCC2)c1ccncc1. The number of fused-ring (bicyclic) bond motifs is 1. The molecule has 0 radical (unpaired) electrons. The molecule has 2 aromatic rings. The number of benzene rings is 1. The molecule has 0 fully saturated rings. The second-order valence-corrected chi connectivity index (χ2v) is 5.01. The van der Waals surface area contributed by atoms with Gasteiger partial charge in [-0.05, 0) is 42.2 Å². The number of pyridine rings is 1. The molecule has 1 aliphatic rings. The van der Waals surface area contributed by atoms with Gasteiger partial charge in [0.05, 0.1) is 0 Å². The van der Waals surface area contributed by atoms with E-state index in [9.17, 15) is 0 Å². The number of para-hydroxylation sites is 1. The van der Waals surface area contributed by atoms with Crippen LogP contribution in [0.15, 0.2) is 42.7 Å². The highest BCUT2D eigenvalue weighted by Gasteiger charge is 2.14. The highest BCUT2D eigenvalue weighted by Crippen LogP contribution is 2.26. The molecule has 1 aromatic carbocycles. The Morgan fingerprint density at radius 2 is 2.11 bits per heavy atom. The first kappa shape index (κ1) is 12.2. The fourth-order valence-electron chi connectivity index (χ4n) is 2.59. The third-order valence-corrected chi connectivity index (χ3v) is 3.74. The Morgan fingerprint density at radius 1 is 1.26 bits per heavy atom. The summed E-state index contributed by atoms with van der Waals surface area (Å²) in [6, 6.07) is 11.0. The van der Waals surface area contributed by atoms with Crippen LogP contribution >= 0.6 is 0 Å². The Hall–Kier alpha value is -1.87. The molecule has 1 atom stereocenters. The summed E-state index contributed by atoms with van der Waals surface area (Å²) in [5, 5.41) is 7.06. The van der Waals surface area contributed by atoms with Gasteiger partial charge in [-0.25, -0.2) is 0 Å². The summed E-state index contributed by atoms with van der Waals surface area (Å²) in [4.78, 5) is 4.06. The zero-order chi connectivity index (χ0) is 13.1. The molecule has 0 saturated carbocycles. The molecule has 0 bridgehead atoms. The lowest BCUT2D eigenvalue weighted by Crippen LogP contribution is -2.18. The highest BCUT2D eigenvalue weighted by molar-refractivity contribution is 5.61. The molecule has 0 spiro atoms. The second kappa shape index (κ2) is 5.41. The Labute approximate surface area is 114 Å². The maximum absolute atomic E-state index is 4.06. The van der Waals surface area contributed by atoms with Gasteiger partial charge in [-0.1, -0.05) is 18.2 Å². The third kappa shape index (κ3) is 2.61. The zero-order valence-electron chi connectivity index (χ0n) is 11.2. The molecular weight excluding hydrogens is 234 g/mol. The van der Waals surface area contributed by atoms with Crippen molar-refractivity contribution in [3.8, 4) is 0 Å². The third-order valence-electron chi connectivity index (χ3n) is 3.74. The molecule has 19 heavy (non-hydrogen) atoms. The minimum atomic E-state index is 0.334. The van der Waals surface area contributed by atoms with Crippen LogP contribution in [0.25, 0.3) is 0 Å². The summed E-state index contributed by atoms with van der Waals surface area (Å²) in [7, 11) is 0. The van der Waals surface area contributed by atoms with Gasteiger partial charge < -0.3 is 10.6 Å². The van der Waals surface area contributed by atoms with Crippen molar-refractivity contribution in [2.75, 3.05) is 11.9 Å². The number of hydrogen-bond donors (Lipinski definition) is 2. The van der Waals surface area contributed by atoms with E-state index < -0.39 is 0 Å². The maximum Gasteiger partial charge on any atom is 0.0419 e. The molecule has 1 aromatic heterocycles. The number of rotatable bonds is 4. The molecule has 0 aliphatic carbocycles. The van der Waals surface area contributed by atoms with Crippen molar-refractivity contribution in [3.05, 3.63) is 59.4 Å². The number of nitrogens with one attached hydrogen (secondary N) is 2. The lowest BCUT2D eigenvalue weighted by molar-refractivity contribution is 0.575. The van der Waals surface area contributed by atoms with Crippen LogP contribution in [0.5, 0.6) is 0 Å². The minimum absolute atomic E-state index is 0.334. The van der Waals surface area contributed by atoms with E-state index in [2.05, 4.69) is 52.9 Å². The lowest BCUT2D eigenvalue weighted by atomic mass is 10.1. The topological polar surface area (TPSA) is 37.0 Å². The highest BCUT2D eigenvalue weighted by atomic mass is 14.9. The van der Waals surface area contributed by atoms with Crippen LogP contribution in [-0.2, 0) is 13.0 Å². The molecule has 2 heterocycles. The first-order valence-corrected chi connectivity index (χ1v) is 6.82. The van der Waals surface area contributed by atoms with Crippen LogP contribution in [0.2, 0.25) is 0 Å². The number of anilines is 1. The van der Waals surface area contributed by atoms with Crippen molar-refractivity contribution in [1.29, 1.82) is 0 Å². The molecular formula is C16H19N3. The predicted molar refractivity (Wildman–Crippen MR) is 78.1 cm³/mol. The first-order valence-electron chi connectivity index (χ1n) is 6.82. The van der Waals surface area contributed by atoms with Crippen molar-refractivity contribution in [2.24, 2.45) is 0 Å². The molecule has 3 heteroatoms. The van der Waals surface area contributed by atoms with Crippen LogP contribution < -0.4 is 10.6 Å². The average molecular weight is 253 g/mol. The molecule has 0 unspecified atom stereocenters. The molecule has 2 N–H and O–H groups in total. The minimum Gasteiger partial charge on any atom is -0.384 e. The van der Waals surface area contributed by atoms with Crippen molar-refractivity contribution >= 4 is 5.69 Å². The van der Waals surface area contributed by atoms with E-state index in [1.807, 2.05) is 12.4 Å². The standard InChI is InChI=1S/C16H19N3/c1-12(13-5-8-17-9-6-13)19-11-15-4-2-3-14-7-10-18-16(14)15/h2-6,8-9,12,18-19H,7,10-11H2,1H3/t12-/m0/s1. The van der Waals surface area contributed by atoms with E-state index in [1.54, 1.807) is 0 Å². The van der Waals surface area contributed by atoms with Crippen LogP contribution in [0, 0.1) is 0 Å². The summed E-state index contributed by atoms with van der Waals surface area (Å²) in [6.45, 7) is 4.14. The number of hydrogen-bond acceptors (Lipinski definition) is 3. The maximum atomic E-state index is 4.06. The van der Waals surface area contributed by atoms with E-state index in [-0.39, 0.29) is 0 Å². The zero-order valence-corrected chi connectivity index (χ0v) is 11.2. The van der Waals surface area contributed by atoms with E-state index in [0.717, 1.165) is 19.5 Å². The van der Waals surface area contributed by atoms with Gasteiger partial charge in [0.2, 0.25) is 0 Å². The molecule has 3 rings (SSSR count). The quantitative estimate of drug-likeness (QED) is 0.879. The fourth-order valence-corrected chi connectivity index (χ4v) is 2.59. The smallest absolute Gasteiger partial charge is 0.0419 e. The van der Waals surface area contributed by atoms with Crippen molar-refractivity contribution in [2.45, 2.75) is 25.9 Å². The van der Waals surface area contributed by atoms with E-state index in [0.29, 0.717) is 6.04 Å². The van der Waals surface area contributed by atoms with Gasteiger partial charge >= 0.3 is 0 Å². The Balaban J connectivity index is 1.69. The van der Waals surface area contributed by atoms with Gasteiger partial charge in [0.25, 0.3) is 0 Å². The Kier molecular flexibility index (Phi) is 3.47. The monoisotopic (exact) mass is 253 g/mol. The van der Waals surface area contributed by atoms with Crippen molar-refractivity contribution in [3.63, 3.8) is 0 Å². The van der Waals surface area contributed by atoms with Crippen LogP contribution in [0.1, 0.15) is 29.7 Å². The average Bonchev–Trinajstić information content (AvgIpc) is 2.94. The van der Waals surface area contributed by atoms with Crippen LogP contribution in [0.3, 0.4) is 0 Å². The van der Waals surface area contributed by atoms with Gasteiger partial charge in [0.1, 0.15) is 0 Å². The Morgan fingerprint density at radius 3 is 2.95 bits per heavy atom. The number of aromatic nitrogens is 1. The van der Waals surface area contributed by atoms with Crippen LogP contribution in [0.4, 0.5) is 5.69 Å². The summed E-state index contributed by atoms with van der Waals surface area (Å²) in [6.07, 6.45) is 4.83. The Bertz CT molecular complexity index is 551. The predicted octanol–water partition coefficient (Wildman–Crippen LogP) is 2.90. The molecule has 3 nitrogen and oxygen atoms in total. The van der Waals surface area contributed by atoms with E-state index in [4.69, 9.17) is 0 Å². The van der Waals surface area contributed by atoms with Gasteiger partial charge in [-0.3, -0.25) is 4.98 Å². The fraction of sp³-hybridized carbons (Fsp3) is 0.312. The van der Waals surface area contributed by atoms with E-state index in [1.165, 1.54) is 22.4 Å². The van der Waals surface area contributed by atoms with Gasteiger partial charge in [-0.2, -0.15) is 0 Å². The second-order valence-electron chi connectivity index (χ2n) is 5.01. The summed E-state index contributed by atoms with van der Waals surface area (Å²) < 4.78 is 0. The largest absolute Gasteiger partial charge is 0.384 e. The normalized spacial score (nSPS) is 14.8. The van der Waals surface area contributed by atoms with Gasteiger partial charge in [-0.15, -0.1) is 0 Å².